The van der Waals surface area contributed by atoms with Gasteiger partial charge in [0.15, 0.2) is 0 Å². The lowest BCUT2D eigenvalue weighted by atomic mass is 9.83. The van der Waals surface area contributed by atoms with Crippen molar-refractivity contribution in [2.45, 2.75) is 39.7 Å². The summed E-state index contributed by atoms with van der Waals surface area (Å²) in [5.74, 6) is -0.512. The van der Waals surface area contributed by atoms with Gasteiger partial charge in [0.05, 0.1) is 17.4 Å². The minimum atomic E-state index is -0.406. The Kier molecular flexibility index (Phi) is 4.52. The van der Waals surface area contributed by atoms with Crippen molar-refractivity contribution in [2.75, 3.05) is 24.1 Å². The molecular formula is C16H24FN3O. The summed E-state index contributed by atoms with van der Waals surface area (Å²) in [6, 6.07) is 3.77. The van der Waals surface area contributed by atoms with Gasteiger partial charge in [-0.2, -0.15) is 0 Å². The monoisotopic (exact) mass is 293 g/mol. The predicted octanol–water partition coefficient (Wildman–Crippen LogP) is 2.86. The summed E-state index contributed by atoms with van der Waals surface area (Å²) in [4.78, 5) is 14.6. The van der Waals surface area contributed by atoms with Crippen LogP contribution in [0.3, 0.4) is 0 Å². The van der Waals surface area contributed by atoms with Gasteiger partial charge in [0.25, 0.3) is 0 Å². The second-order valence-corrected chi connectivity index (χ2v) is 6.64. The summed E-state index contributed by atoms with van der Waals surface area (Å²) in [7, 11) is 0. The van der Waals surface area contributed by atoms with Crippen LogP contribution in [-0.2, 0) is 4.79 Å². The lowest BCUT2D eigenvalue weighted by molar-refractivity contribution is -0.121. The summed E-state index contributed by atoms with van der Waals surface area (Å²) >= 11 is 0. The van der Waals surface area contributed by atoms with E-state index in [1.807, 2.05) is 6.92 Å². The second-order valence-electron chi connectivity index (χ2n) is 6.64. The lowest BCUT2D eigenvalue weighted by Crippen LogP contribution is -2.49. The zero-order valence-electron chi connectivity index (χ0n) is 12.9. The highest BCUT2D eigenvalue weighted by Crippen LogP contribution is 2.29. The fraction of sp³-hybridized carbons (Fsp3) is 0.562. The largest absolute Gasteiger partial charge is 0.397 e. The first-order valence-corrected chi connectivity index (χ1v) is 7.38. The minimum absolute atomic E-state index is 0.106. The molecule has 1 aromatic rings. The molecule has 1 saturated heterocycles. The molecule has 0 aromatic heterocycles. The van der Waals surface area contributed by atoms with Crippen LogP contribution >= 0.6 is 0 Å². The summed E-state index contributed by atoms with van der Waals surface area (Å²) in [6.07, 6.45) is 2.28. The van der Waals surface area contributed by atoms with E-state index < -0.39 is 5.82 Å². The fourth-order valence-electron chi connectivity index (χ4n) is 2.85. The van der Waals surface area contributed by atoms with Gasteiger partial charge in [-0.1, -0.05) is 13.8 Å². The molecule has 1 aliphatic heterocycles. The van der Waals surface area contributed by atoms with E-state index in [4.69, 9.17) is 5.73 Å². The third-order valence-corrected chi connectivity index (χ3v) is 4.13. The van der Waals surface area contributed by atoms with Crippen molar-refractivity contribution >= 4 is 17.3 Å². The highest BCUT2D eigenvalue weighted by atomic mass is 19.1. The van der Waals surface area contributed by atoms with Crippen molar-refractivity contribution in [3.63, 3.8) is 0 Å². The number of halogens is 1. The zero-order chi connectivity index (χ0) is 15.6. The summed E-state index contributed by atoms with van der Waals surface area (Å²) in [5.41, 5.74) is 6.67. The van der Waals surface area contributed by atoms with Gasteiger partial charge in [-0.25, -0.2) is 4.39 Å². The molecule has 1 fully saturated rings. The average molecular weight is 293 g/mol. The molecule has 0 aliphatic carbocycles. The Morgan fingerprint density at radius 3 is 2.81 bits per heavy atom. The first-order chi connectivity index (χ1) is 9.78. The van der Waals surface area contributed by atoms with Crippen molar-refractivity contribution in [1.29, 1.82) is 0 Å². The van der Waals surface area contributed by atoms with E-state index in [2.05, 4.69) is 24.1 Å². The van der Waals surface area contributed by atoms with Crippen molar-refractivity contribution in [1.82, 2.24) is 4.90 Å². The predicted molar refractivity (Wildman–Crippen MR) is 83.5 cm³/mol. The SMILES string of the molecule is CC(C(=O)Nc1ccc(F)cc1N)N1CCCC(C)(C)C1. The molecule has 1 aliphatic rings. The Labute approximate surface area is 125 Å². The fourth-order valence-corrected chi connectivity index (χ4v) is 2.85. The van der Waals surface area contributed by atoms with E-state index in [0.29, 0.717) is 5.69 Å². The van der Waals surface area contributed by atoms with Crippen LogP contribution in [0.2, 0.25) is 0 Å². The van der Waals surface area contributed by atoms with Gasteiger partial charge in [-0.3, -0.25) is 9.69 Å². The third kappa shape index (κ3) is 3.94. The van der Waals surface area contributed by atoms with Crippen LogP contribution in [0.15, 0.2) is 18.2 Å². The van der Waals surface area contributed by atoms with Crippen molar-refractivity contribution < 1.29 is 9.18 Å². The quantitative estimate of drug-likeness (QED) is 0.843. The van der Waals surface area contributed by atoms with Crippen LogP contribution in [0.5, 0.6) is 0 Å². The number of nitrogens with two attached hydrogens (primary N) is 1. The first kappa shape index (κ1) is 15.8. The molecule has 0 bridgehead atoms. The van der Waals surface area contributed by atoms with E-state index in [1.54, 1.807) is 0 Å². The first-order valence-electron chi connectivity index (χ1n) is 7.38. The Balaban J connectivity index is 2.02. The van der Waals surface area contributed by atoms with Crippen LogP contribution in [0.1, 0.15) is 33.6 Å². The molecule has 1 amide bonds. The van der Waals surface area contributed by atoms with Crippen LogP contribution in [-0.4, -0.2) is 29.9 Å². The van der Waals surface area contributed by atoms with Gasteiger partial charge in [0.1, 0.15) is 5.82 Å². The molecule has 2 rings (SSSR count). The zero-order valence-corrected chi connectivity index (χ0v) is 12.9. The Bertz CT molecular complexity index is 530. The van der Waals surface area contributed by atoms with Gasteiger partial charge in [-0.05, 0) is 49.9 Å². The van der Waals surface area contributed by atoms with E-state index in [-0.39, 0.29) is 23.1 Å². The maximum absolute atomic E-state index is 13.0. The molecular weight excluding hydrogens is 269 g/mol. The molecule has 21 heavy (non-hydrogen) atoms. The van der Waals surface area contributed by atoms with Crippen LogP contribution in [0, 0.1) is 11.2 Å². The van der Waals surface area contributed by atoms with E-state index >= 15 is 0 Å². The van der Waals surface area contributed by atoms with Crippen LogP contribution < -0.4 is 11.1 Å². The van der Waals surface area contributed by atoms with Gasteiger partial charge >= 0.3 is 0 Å². The lowest BCUT2D eigenvalue weighted by Gasteiger charge is -2.40. The van der Waals surface area contributed by atoms with Gasteiger partial charge in [-0.15, -0.1) is 0 Å². The van der Waals surface area contributed by atoms with E-state index in [9.17, 15) is 9.18 Å². The molecule has 5 heteroatoms. The number of carbonyl (C=O) groups excluding carboxylic acids is 1. The van der Waals surface area contributed by atoms with Gasteiger partial charge in [0.2, 0.25) is 5.91 Å². The van der Waals surface area contributed by atoms with Gasteiger partial charge in [0, 0.05) is 6.54 Å². The topological polar surface area (TPSA) is 58.4 Å². The van der Waals surface area contributed by atoms with Gasteiger partial charge < -0.3 is 11.1 Å². The van der Waals surface area contributed by atoms with Crippen LogP contribution in [0.4, 0.5) is 15.8 Å². The molecule has 0 saturated carbocycles. The number of anilines is 2. The second kappa shape index (κ2) is 6.02. The molecule has 0 spiro atoms. The average Bonchev–Trinajstić information content (AvgIpc) is 2.40. The molecule has 1 atom stereocenters. The summed E-state index contributed by atoms with van der Waals surface area (Å²) in [6.45, 7) is 8.18. The number of nitrogens with one attached hydrogen (secondary N) is 1. The maximum atomic E-state index is 13.0. The summed E-state index contributed by atoms with van der Waals surface area (Å²) in [5, 5.41) is 2.79. The number of nitrogens with zero attached hydrogens (tertiary/aromatic N) is 1. The number of likely N-dealkylation sites (tertiary alicyclic amines) is 1. The third-order valence-electron chi connectivity index (χ3n) is 4.13. The Morgan fingerprint density at radius 1 is 1.48 bits per heavy atom. The molecule has 116 valence electrons. The van der Waals surface area contributed by atoms with Crippen molar-refractivity contribution in [2.24, 2.45) is 5.41 Å². The number of amides is 1. The normalized spacial score (nSPS) is 20.0. The van der Waals surface area contributed by atoms with E-state index in [1.165, 1.54) is 24.6 Å². The molecule has 0 radical (unpaired) electrons. The molecule has 3 N–H and O–H groups in total. The number of rotatable bonds is 3. The standard InChI is InChI=1S/C16H24FN3O/c1-11(20-8-4-7-16(2,3)10-20)15(21)19-14-6-5-12(17)9-13(14)18/h5-6,9,11H,4,7-8,10,18H2,1-3H3,(H,19,21). The number of benzene rings is 1. The molecule has 4 nitrogen and oxygen atoms in total. The number of nitrogen functional groups attached to an aromatic ring is 1. The highest BCUT2D eigenvalue weighted by molar-refractivity contribution is 5.97. The maximum Gasteiger partial charge on any atom is 0.241 e. The number of carbonyl (C=O) groups is 1. The van der Waals surface area contributed by atoms with Crippen LogP contribution in [0.25, 0.3) is 0 Å². The molecule has 1 heterocycles. The molecule has 1 aromatic carbocycles. The highest BCUT2D eigenvalue weighted by Gasteiger charge is 2.31. The van der Waals surface area contributed by atoms with Crippen molar-refractivity contribution in [3.05, 3.63) is 24.0 Å². The number of hydrogen-bond acceptors (Lipinski definition) is 3. The number of hydrogen-bond donors (Lipinski definition) is 2. The Hall–Kier alpha value is -1.62. The minimum Gasteiger partial charge on any atom is -0.397 e. The Morgan fingerprint density at radius 2 is 2.19 bits per heavy atom. The van der Waals surface area contributed by atoms with E-state index in [0.717, 1.165) is 19.5 Å². The number of piperidine rings is 1. The smallest absolute Gasteiger partial charge is 0.241 e. The van der Waals surface area contributed by atoms with Crippen molar-refractivity contribution in [3.8, 4) is 0 Å². The summed E-state index contributed by atoms with van der Waals surface area (Å²) < 4.78 is 13.0. The molecule has 1 unspecified atom stereocenters.